The van der Waals surface area contributed by atoms with Crippen LogP contribution in [0.3, 0.4) is 0 Å². The van der Waals surface area contributed by atoms with Crippen molar-refractivity contribution in [3.8, 4) is 0 Å². The highest BCUT2D eigenvalue weighted by molar-refractivity contribution is 7.89. The summed E-state index contributed by atoms with van der Waals surface area (Å²) in [5.74, 6) is -1.17. The SMILES string of the molecule is Cc1ccc(C(=O)O)cc1S(=O)(=O)N1CCN(C=O)CC1. The van der Waals surface area contributed by atoms with E-state index in [9.17, 15) is 18.0 Å². The van der Waals surface area contributed by atoms with E-state index in [0.717, 1.165) is 0 Å². The Labute approximate surface area is 122 Å². The van der Waals surface area contributed by atoms with Crippen LogP contribution in [0.4, 0.5) is 0 Å². The van der Waals surface area contributed by atoms with Crippen molar-refractivity contribution in [3.05, 3.63) is 29.3 Å². The quantitative estimate of drug-likeness (QED) is 0.799. The first-order chi connectivity index (χ1) is 9.86. The highest BCUT2D eigenvalue weighted by Crippen LogP contribution is 2.22. The van der Waals surface area contributed by atoms with E-state index in [1.807, 2.05) is 0 Å². The van der Waals surface area contributed by atoms with Crippen molar-refractivity contribution in [2.24, 2.45) is 0 Å². The Morgan fingerprint density at radius 2 is 1.86 bits per heavy atom. The van der Waals surface area contributed by atoms with Crippen LogP contribution in [0.5, 0.6) is 0 Å². The van der Waals surface area contributed by atoms with Gasteiger partial charge in [-0.1, -0.05) is 6.07 Å². The molecule has 0 spiro atoms. The molecule has 1 fully saturated rings. The molecule has 0 aliphatic carbocycles. The summed E-state index contributed by atoms with van der Waals surface area (Å²) in [4.78, 5) is 23.2. The van der Waals surface area contributed by atoms with Crippen LogP contribution in [-0.4, -0.2) is 61.3 Å². The van der Waals surface area contributed by atoms with Gasteiger partial charge in [0.05, 0.1) is 10.5 Å². The minimum absolute atomic E-state index is 0.00181. The molecular weight excluding hydrogens is 296 g/mol. The Kier molecular flexibility index (Phi) is 4.29. The van der Waals surface area contributed by atoms with Crippen LogP contribution in [0, 0.1) is 6.92 Å². The normalized spacial score (nSPS) is 16.7. The number of rotatable bonds is 4. The molecule has 1 amide bonds. The maximum Gasteiger partial charge on any atom is 0.335 e. The fraction of sp³-hybridized carbons (Fsp3) is 0.385. The van der Waals surface area contributed by atoms with Crippen LogP contribution in [0.2, 0.25) is 0 Å². The number of carbonyl (C=O) groups is 2. The van der Waals surface area contributed by atoms with E-state index in [4.69, 9.17) is 5.11 Å². The van der Waals surface area contributed by atoms with Crippen LogP contribution in [0.25, 0.3) is 0 Å². The van der Waals surface area contributed by atoms with Crippen molar-refractivity contribution in [1.29, 1.82) is 0 Å². The summed E-state index contributed by atoms with van der Waals surface area (Å²) in [5, 5.41) is 8.99. The largest absolute Gasteiger partial charge is 0.478 e. The fourth-order valence-electron chi connectivity index (χ4n) is 2.20. The minimum atomic E-state index is -3.75. The van der Waals surface area contributed by atoms with Gasteiger partial charge in [-0.2, -0.15) is 4.31 Å². The molecule has 114 valence electrons. The molecule has 1 aromatic rings. The number of hydrogen-bond donors (Lipinski definition) is 1. The zero-order valence-corrected chi connectivity index (χ0v) is 12.3. The number of hydrogen-bond acceptors (Lipinski definition) is 4. The van der Waals surface area contributed by atoms with Gasteiger partial charge >= 0.3 is 5.97 Å². The van der Waals surface area contributed by atoms with E-state index < -0.39 is 16.0 Å². The Morgan fingerprint density at radius 1 is 1.24 bits per heavy atom. The lowest BCUT2D eigenvalue weighted by atomic mass is 10.1. The third-order valence-corrected chi connectivity index (χ3v) is 5.52. The summed E-state index contributed by atoms with van der Waals surface area (Å²) in [6, 6.07) is 4.04. The summed E-state index contributed by atoms with van der Waals surface area (Å²) in [6.07, 6.45) is 0.695. The van der Waals surface area contributed by atoms with Gasteiger partial charge < -0.3 is 10.0 Å². The lowest BCUT2D eigenvalue weighted by Gasteiger charge is -2.32. The second-order valence-electron chi connectivity index (χ2n) is 4.83. The number of aryl methyl sites for hydroxylation is 1. The molecule has 0 bridgehead atoms. The van der Waals surface area contributed by atoms with Crippen LogP contribution in [-0.2, 0) is 14.8 Å². The molecule has 0 aromatic heterocycles. The molecule has 1 aliphatic heterocycles. The van der Waals surface area contributed by atoms with Gasteiger partial charge in [-0.15, -0.1) is 0 Å². The smallest absolute Gasteiger partial charge is 0.335 e. The number of benzene rings is 1. The van der Waals surface area contributed by atoms with Crippen molar-refractivity contribution in [1.82, 2.24) is 9.21 Å². The highest BCUT2D eigenvalue weighted by atomic mass is 32.2. The molecule has 1 N–H and O–H groups in total. The van der Waals surface area contributed by atoms with Crippen LogP contribution >= 0.6 is 0 Å². The van der Waals surface area contributed by atoms with Gasteiger partial charge in [0.15, 0.2) is 0 Å². The van der Waals surface area contributed by atoms with Gasteiger partial charge in [-0.05, 0) is 24.6 Å². The third-order valence-electron chi connectivity index (χ3n) is 3.48. The predicted octanol–water partition coefficient (Wildman–Crippen LogP) is 0.156. The number of nitrogens with zero attached hydrogens (tertiary/aromatic N) is 2. The number of piperazine rings is 1. The topological polar surface area (TPSA) is 95.0 Å². The van der Waals surface area contributed by atoms with E-state index in [0.29, 0.717) is 25.1 Å². The summed E-state index contributed by atoms with van der Waals surface area (Å²) < 4.78 is 26.5. The van der Waals surface area contributed by atoms with Crippen LogP contribution in [0.1, 0.15) is 15.9 Å². The average molecular weight is 312 g/mol. The molecule has 8 heteroatoms. The van der Waals surface area contributed by atoms with E-state index >= 15 is 0 Å². The van der Waals surface area contributed by atoms with Gasteiger partial charge in [-0.3, -0.25) is 4.79 Å². The molecule has 0 saturated carbocycles. The molecule has 2 rings (SSSR count). The maximum atomic E-state index is 12.6. The Morgan fingerprint density at radius 3 is 2.38 bits per heavy atom. The zero-order valence-electron chi connectivity index (χ0n) is 11.5. The number of aromatic carboxylic acids is 1. The molecule has 1 aliphatic rings. The zero-order chi connectivity index (χ0) is 15.6. The first-order valence-corrected chi connectivity index (χ1v) is 7.83. The number of carboxylic acids is 1. The first kappa shape index (κ1) is 15.5. The summed E-state index contributed by atoms with van der Waals surface area (Å²) in [7, 11) is -3.75. The second-order valence-corrected chi connectivity index (χ2v) is 6.74. The van der Waals surface area contributed by atoms with Gasteiger partial charge in [-0.25, -0.2) is 13.2 Å². The molecule has 7 nitrogen and oxygen atoms in total. The second kappa shape index (κ2) is 5.82. The lowest BCUT2D eigenvalue weighted by molar-refractivity contribution is -0.119. The molecular formula is C13H16N2O5S. The van der Waals surface area contributed by atoms with Gasteiger partial charge in [0.25, 0.3) is 0 Å². The standard InChI is InChI=1S/C13H16N2O5S/c1-10-2-3-11(13(17)18)8-12(10)21(19,20)15-6-4-14(9-16)5-7-15/h2-3,8-9H,4-7H2,1H3,(H,17,18). The Bertz CT molecular complexity index is 663. The number of carbonyl (C=O) groups excluding carboxylic acids is 1. The molecule has 21 heavy (non-hydrogen) atoms. The molecule has 1 saturated heterocycles. The maximum absolute atomic E-state index is 12.6. The van der Waals surface area contributed by atoms with E-state index in [1.54, 1.807) is 6.92 Å². The first-order valence-electron chi connectivity index (χ1n) is 6.39. The third kappa shape index (κ3) is 3.06. The molecule has 1 aromatic carbocycles. The van der Waals surface area contributed by atoms with Gasteiger partial charge in [0.1, 0.15) is 0 Å². The van der Waals surface area contributed by atoms with Crippen molar-refractivity contribution >= 4 is 22.4 Å². The van der Waals surface area contributed by atoms with Crippen LogP contribution < -0.4 is 0 Å². The van der Waals surface area contributed by atoms with Crippen molar-refractivity contribution < 1.29 is 23.1 Å². The number of amides is 1. The molecule has 1 heterocycles. The fourth-order valence-corrected chi connectivity index (χ4v) is 3.87. The monoisotopic (exact) mass is 312 g/mol. The predicted molar refractivity (Wildman–Crippen MR) is 74.5 cm³/mol. The minimum Gasteiger partial charge on any atom is -0.478 e. The van der Waals surface area contributed by atoms with Crippen molar-refractivity contribution in [3.63, 3.8) is 0 Å². The van der Waals surface area contributed by atoms with Gasteiger partial charge in [0, 0.05) is 26.2 Å². The molecule has 0 radical (unpaired) electrons. The van der Waals surface area contributed by atoms with E-state index in [2.05, 4.69) is 0 Å². The van der Waals surface area contributed by atoms with Crippen molar-refractivity contribution in [2.45, 2.75) is 11.8 Å². The summed E-state index contributed by atoms with van der Waals surface area (Å²) in [6.45, 7) is 2.70. The number of carboxylic acid groups (broad SMARTS) is 1. The van der Waals surface area contributed by atoms with E-state index in [-0.39, 0.29) is 23.5 Å². The average Bonchev–Trinajstić information content (AvgIpc) is 2.47. The Hall–Kier alpha value is -1.93. The number of sulfonamides is 1. The highest BCUT2D eigenvalue weighted by Gasteiger charge is 2.29. The van der Waals surface area contributed by atoms with Crippen molar-refractivity contribution in [2.75, 3.05) is 26.2 Å². The van der Waals surface area contributed by atoms with Gasteiger partial charge in [0.2, 0.25) is 16.4 Å². The molecule has 0 unspecified atom stereocenters. The Balaban J connectivity index is 2.34. The molecule has 0 atom stereocenters. The van der Waals surface area contributed by atoms with E-state index in [1.165, 1.54) is 27.4 Å². The summed E-state index contributed by atoms with van der Waals surface area (Å²) >= 11 is 0. The van der Waals surface area contributed by atoms with Crippen LogP contribution in [0.15, 0.2) is 23.1 Å². The summed E-state index contributed by atoms with van der Waals surface area (Å²) in [5.41, 5.74) is 0.434. The lowest BCUT2D eigenvalue weighted by Crippen LogP contribution is -2.48.